The number of ether oxygens (including phenoxy) is 12. The summed E-state index contributed by atoms with van der Waals surface area (Å²) >= 11 is 0. The number of benzene rings is 2. The standard InChI is InChI=1S/C62H76O24/c1-5-51(63)75-29-9-11-31-79-55(67)39-13-17-43(18-14-39)59(71)85-49-27-25-45(37-47(49)61(73)81-35-33-77-53(65)7-3)83-57(69)41-21-23-42(24-22-41)58(70)84-46-26-28-50(48(38-46)62(74)82-36-34-78-54(66)8-4)86-60(72)44-19-15-40(16-20-44)56(68)80-32-12-10-30-76-52(64)6-2/h5-6,25-28,37-44H,1-2,7-24,29-36H2,3-4H3. The Labute approximate surface area is 498 Å². The number of rotatable bonds is 32. The second kappa shape index (κ2) is 36.4. The highest BCUT2D eigenvalue weighted by Crippen LogP contribution is 2.37. The summed E-state index contributed by atoms with van der Waals surface area (Å²) in [6.45, 7) is 9.32. The number of unbranched alkanes of at least 4 members (excludes halogenated alkanes) is 2. The summed E-state index contributed by atoms with van der Waals surface area (Å²) in [6.07, 6.45) is 7.70. The van der Waals surface area contributed by atoms with Crippen molar-refractivity contribution in [3.8, 4) is 23.0 Å². The van der Waals surface area contributed by atoms with E-state index in [4.69, 9.17) is 56.8 Å². The third-order valence-electron chi connectivity index (χ3n) is 14.5. The van der Waals surface area contributed by atoms with Crippen LogP contribution < -0.4 is 18.9 Å². The number of hydrogen-bond acceptors (Lipinski definition) is 24. The molecule has 468 valence electrons. The summed E-state index contributed by atoms with van der Waals surface area (Å²) in [7, 11) is 0. The summed E-state index contributed by atoms with van der Waals surface area (Å²) in [4.78, 5) is 152. The highest BCUT2D eigenvalue weighted by atomic mass is 16.6. The fraction of sp³-hybridized carbons (Fsp3) is 0.548. The molecular formula is C62H76O24. The van der Waals surface area contributed by atoms with Crippen LogP contribution in [0.2, 0.25) is 0 Å². The first kappa shape index (κ1) is 68.3. The first-order valence-electron chi connectivity index (χ1n) is 29.1. The van der Waals surface area contributed by atoms with Gasteiger partial charge in [-0.25, -0.2) is 19.2 Å². The Kier molecular flexibility index (Phi) is 28.9. The van der Waals surface area contributed by atoms with Crippen LogP contribution in [0.3, 0.4) is 0 Å². The largest absolute Gasteiger partial charge is 0.465 e. The number of carbonyl (C=O) groups excluding carboxylic acids is 12. The van der Waals surface area contributed by atoms with E-state index in [0.717, 1.165) is 12.2 Å². The van der Waals surface area contributed by atoms with E-state index in [1.165, 1.54) is 36.4 Å². The van der Waals surface area contributed by atoms with Gasteiger partial charge in [0.15, 0.2) is 0 Å². The van der Waals surface area contributed by atoms with Crippen LogP contribution in [0.25, 0.3) is 0 Å². The van der Waals surface area contributed by atoms with Gasteiger partial charge in [-0.05, 0) is 139 Å². The summed E-state index contributed by atoms with van der Waals surface area (Å²) in [5.74, 6) is -11.5. The summed E-state index contributed by atoms with van der Waals surface area (Å²) in [5.41, 5.74) is -0.521. The third-order valence-corrected chi connectivity index (χ3v) is 14.5. The van der Waals surface area contributed by atoms with Crippen LogP contribution in [0.4, 0.5) is 0 Å². The molecule has 24 heteroatoms. The molecule has 0 bridgehead atoms. The smallest absolute Gasteiger partial charge is 0.342 e. The van der Waals surface area contributed by atoms with Gasteiger partial charge in [-0.2, -0.15) is 0 Å². The normalized spacial score (nSPS) is 18.9. The van der Waals surface area contributed by atoms with Crippen molar-refractivity contribution in [3.05, 3.63) is 72.8 Å². The average Bonchev–Trinajstić information content (AvgIpc) is 2.52. The minimum absolute atomic E-state index is 0.0801. The lowest BCUT2D eigenvalue weighted by Gasteiger charge is -2.26. The van der Waals surface area contributed by atoms with Crippen molar-refractivity contribution in [2.45, 2.75) is 129 Å². The van der Waals surface area contributed by atoms with Gasteiger partial charge in [0.25, 0.3) is 0 Å². The quantitative estimate of drug-likeness (QED) is 0.0222. The van der Waals surface area contributed by atoms with Crippen molar-refractivity contribution < 1.29 is 114 Å². The molecule has 2 aromatic carbocycles. The van der Waals surface area contributed by atoms with Gasteiger partial charge in [-0.1, -0.05) is 27.0 Å². The molecule has 3 fully saturated rings. The van der Waals surface area contributed by atoms with Crippen LogP contribution in [0.15, 0.2) is 61.7 Å². The molecule has 24 nitrogen and oxygen atoms in total. The number of hydrogen-bond donors (Lipinski definition) is 0. The molecule has 0 heterocycles. The van der Waals surface area contributed by atoms with E-state index in [-0.39, 0.29) is 126 Å². The molecule has 0 amide bonds. The van der Waals surface area contributed by atoms with Crippen LogP contribution in [-0.2, 0) is 85.8 Å². The zero-order valence-electron chi connectivity index (χ0n) is 48.7. The van der Waals surface area contributed by atoms with Gasteiger partial charge in [0.2, 0.25) is 0 Å². The maximum Gasteiger partial charge on any atom is 0.342 e. The number of carbonyl (C=O) groups is 12. The SMILES string of the molecule is C=CC(=O)OCCCCOC(=O)C1CCC(C(=O)Oc2ccc(OC(=O)C3CCC(C(=O)Oc4ccc(OC(=O)C5CCC(C(=O)OCCCCOC(=O)C=C)CC5)c(C(=O)OCCOC(=O)CC)c4)CC3)cc2C(=O)OCCOC(=O)CC)CC1. The van der Waals surface area contributed by atoms with Crippen LogP contribution in [-0.4, -0.2) is 124 Å². The molecule has 0 spiro atoms. The lowest BCUT2D eigenvalue weighted by molar-refractivity contribution is -0.152. The highest BCUT2D eigenvalue weighted by molar-refractivity contribution is 5.95. The monoisotopic (exact) mass is 1200 g/mol. The molecule has 2 aromatic rings. The van der Waals surface area contributed by atoms with E-state index < -0.39 is 107 Å². The van der Waals surface area contributed by atoms with E-state index in [9.17, 15) is 57.5 Å². The minimum Gasteiger partial charge on any atom is -0.465 e. The molecule has 0 aliphatic heterocycles. The maximum atomic E-state index is 13.6. The van der Waals surface area contributed by atoms with Crippen molar-refractivity contribution in [2.24, 2.45) is 35.5 Å². The zero-order chi connectivity index (χ0) is 62.4. The lowest BCUT2D eigenvalue weighted by atomic mass is 9.82. The highest BCUT2D eigenvalue weighted by Gasteiger charge is 2.36. The Morgan fingerprint density at radius 3 is 0.942 bits per heavy atom. The zero-order valence-corrected chi connectivity index (χ0v) is 48.7. The molecule has 0 radical (unpaired) electrons. The Balaban J connectivity index is 1.15. The van der Waals surface area contributed by atoms with Gasteiger partial charge in [-0.15, -0.1) is 0 Å². The first-order valence-corrected chi connectivity index (χ1v) is 29.1. The second-order valence-corrected chi connectivity index (χ2v) is 20.6. The fourth-order valence-electron chi connectivity index (χ4n) is 9.51. The van der Waals surface area contributed by atoms with Crippen LogP contribution in [0.5, 0.6) is 23.0 Å². The van der Waals surface area contributed by atoms with Gasteiger partial charge in [0.05, 0.1) is 61.9 Å². The fourth-order valence-corrected chi connectivity index (χ4v) is 9.51. The molecule has 0 unspecified atom stereocenters. The Morgan fingerprint density at radius 2 is 0.640 bits per heavy atom. The van der Waals surface area contributed by atoms with Crippen molar-refractivity contribution in [1.82, 2.24) is 0 Å². The van der Waals surface area contributed by atoms with Gasteiger partial charge < -0.3 is 56.8 Å². The van der Waals surface area contributed by atoms with Crippen LogP contribution in [0.1, 0.15) is 150 Å². The Morgan fingerprint density at radius 1 is 0.360 bits per heavy atom. The van der Waals surface area contributed by atoms with Gasteiger partial charge in [0, 0.05) is 25.0 Å². The van der Waals surface area contributed by atoms with Crippen molar-refractivity contribution in [1.29, 1.82) is 0 Å². The lowest BCUT2D eigenvalue weighted by Crippen LogP contribution is -2.30. The summed E-state index contributed by atoms with van der Waals surface area (Å²) in [6, 6.07) is 7.60. The van der Waals surface area contributed by atoms with Crippen molar-refractivity contribution in [3.63, 3.8) is 0 Å². The molecule has 0 atom stereocenters. The topological polar surface area (TPSA) is 316 Å². The third kappa shape index (κ3) is 22.9. The molecule has 3 saturated carbocycles. The predicted molar refractivity (Wildman–Crippen MR) is 298 cm³/mol. The van der Waals surface area contributed by atoms with E-state index in [2.05, 4.69) is 13.2 Å². The maximum absolute atomic E-state index is 13.6. The van der Waals surface area contributed by atoms with Crippen LogP contribution >= 0.6 is 0 Å². The molecule has 86 heavy (non-hydrogen) atoms. The van der Waals surface area contributed by atoms with Crippen LogP contribution in [0, 0.1) is 35.5 Å². The molecule has 5 rings (SSSR count). The van der Waals surface area contributed by atoms with Crippen molar-refractivity contribution in [2.75, 3.05) is 52.9 Å². The predicted octanol–water partition coefficient (Wildman–Crippen LogP) is 7.75. The summed E-state index contributed by atoms with van der Waals surface area (Å²) < 4.78 is 64.2. The van der Waals surface area contributed by atoms with Gasteiger partial charge in [0.1, 0.15) is 60.6 Å². The van der Waals surface area contributed by atoms with Gasteiger partial charge in [-0.3, -0.25) is 38.4 Å². The molecule has 0 saturated heterocycles. The molecular weight excluding hydrogens is 1130 g/mol. The molecule has 3 aliphatic rings. The van der Waals surface area contributed by atoms with Crippen molar-refractivity contribution >= 4 is 71.6 Å². The second-order valence-electron chi connectivity index (χ2n) is 20.6. The van der Waals surface area contributed by atoms with E-state index >= 15 is 0 Å². The average molecular weight is 1210 g/mol. The van der Waals surface area contributed by atoms with E-state index in [0.29, 0.717) is 77.0 Å². The van der Waals surface area contributed by atoms with E-state index in [1.54, 1.807) is 13.8 Å². The Hall–Kier alpha value is -8.44. The summed E-state index contributed by atoms with van der Waals surface area (Å²) in [5, 5.41) is 0. The molecule has 3 aliphatic carbocycles. The molecule has 0 aromatic heterocycles. The Bertz CT molecular complexity index is 2540. The minimum atomic E-state index is -0.968. The first-order chi connectivity index (χ1) is 41.4. The number of esters is 12. The van der Waals surface area contributed by atoms with E-state index in [1.807, 2.05) is 0 Å². The van der Waals surface area contributed by atoms with Gasteiger partial charge >= 0.3 is 71.6 Å². The molecule has 0 N–H and O–H groups in total.